The van der Waals surface area contributed by atoms with Crippen LogP contribution in [0.4, 0.5) is 5.69 Å². The largest absolute Gasteiger partial charge is 0.493 e. The second-order valence-electron chi connectivity index (χ2n) is 8.96. The molecule has 0 aromatic heterocycles. The van der Waals surface area contributed by atoms with E-state index in [4.69, 9.17) is 21.1 Å². The second kappa shape index (κ2) is 12.5. The summed E-state index contributed by atoms with van der Waals surface area (Å²) in [5.41, 5.74) is 3.17. The van der Waals surface area contributed by atoms with Crippen LogP contribution in [0.2, 0.25) is 5.02 Å². The van der Waals surface area contributed by atoms with Crippen molar-refractivity contribution in [2.24, 2.45) is 0 Å². The zero-order valence-electron chi connectivity index (χ0n) is 21.1. The molecule has 1 fully saturated rings. The number of halogens is 1. The number of hydrogen-bond acceptors (Lipinski definition) is 5. The quantitative estimate of drug-likeness (QED) is 0.425. The van der Waals surface area contributed by atoms with E-state index in [0.717, 1.165) is 37.2 Å². The summed E-state index contributed by atoms with van der Waals surface area (Å²) in [7, 11) is 3.21. The van der Waals surface area contributed by atoms with E-state index in [0.29, 0.717) is 40.6 Å². The van der Waals surface area contributed by atoms with Crippen molar-refractivity contribution in [3.05, 3.63) is 88.4 Å². The Hall–Kier alpha value is -3.71. The maximum atomic E-state index is 13.1. The average Bonchev–Trinajstić information content (AvgIpc) is 2.93. The van der Waals surface area contributed by atoms with Gasteiger partial charge in [0.1, 0.15) is 0 Å². The van der Waals surface area contributed by atoms with Gasteiger partial charge in [0.05, 0.1) is 19.8 Å². The van der Waals surface area contributed by atoms with Gasteiger partial charge in [-0.3, -0.25) is 9.59 Å². The number of carbonyl (C=O) groups excluding carboxylic acids is 2. The molecule has 3 aromatic carbocycles. The Balaban J connectivity index is 1.31. The number of rotatable bonds is 9. The Labute approximate surface area is 222 Å². The number of methoxy groups -OCH3 is 2. The van der Waals surface area contributed by atoms with E-state index >= 15 is 0 Å². The van der Waals surface area contributed by atoms with Crippen LogP contribution < -0.4 is 25.0 Å². The van der Waals surface area contributed by atoms with E-state index in [9.17, 15) is 9.59 Å². The Morgan fingerprint density at radius 3 is 2.41 bits per heavy atom. The van der Waals surface area contributed by atoms with E-state index in [-0.39, 0.29) is 17.9 Å². The highest BCUT2D eigenvalue weighted by molar-refractivity contribution is 6.30. The van der Waals surface area contributed by atoms with E-state index in [2.05, 4.69) is 15.5 Å². The number of carbonyl (C=O) groups is 2. The summed E-state index contributed by atoms with van der Waals surface area (Å²) < 4.78 is 10.7. The predicted molar refractivity (Wildman–Crippen MR) is 146 cm³/mol. The molecule has 7 nitrogen and oxygen atoms in total. The number of hydrogen-bond donors (Lipinski definition) is 2. The van der Waals surface area contributed by atoms with Crippen LogP contribution >= 0.6 is 11.6 Å². The van der Waals surface area contributed by atoms with Gasteiger partial charge in [-0.1, -0.05) is 35.9 Å². The monoisotopic (exact) mass is 521 g/mol. The molecule has 2 N–H and O–H groups in total. The van der Waals surface area contributed by atoms with Crippen molar-refractivity contribution in [2.45, 2.75) is 25.3 Å². The van der Waals surface area contributed by atoms with Gasteiger partial charge in [0.2, 0.25) is 0 Å². The van der Waals surface area contributed by atoms with Crippen LogP contribution in [-0.4, -0.2) is 51.7 Å². The maximum absolute atomic E-state index is 13.1. The van der Waals surface area contributed by atoms with E-state index < -0.39 is 0 Å². The Kier molecular flexibility index (Phi) is 8.90. The number of para-hydroxylation sites is 1. The molecule has 0 unspecified atom stereocenters. The van der Waals surface area contributed by atoms with Crippen LogP contribution in [0.15, 0.2) is 66.7 Å². The van der Waals surface area contributed by atoms with Gasteiger partial charge < -0.3 is 25.0 Å². The summed E-state index contributed by atoms with van der Waals surface area (Å²) in [6.45, 7) is 1.99. The molecule has 3 aromatic rings. The molecule has 0 spiro atoms. The average molecular weight is 522 g/mol. The van der Waals surface area contributed by atoms with Crippen molar-refractivity contribution in [2.75, 3.05) is 38.8 Å². The van der Waals surface area contributed by atoms with Crippen molar-refractivity contribution in [3.8, 4) is 11.5 Å². The van der Waals surface area contributed by atoms with Gasteiger partial charge in [-0.05, 0) is 67.3 Å². The first kappa shape index (κ1) is 26.4. The Morgan fingerprint density at radius 2 is 1.68 bits per heavy atom. The molecule has 4 rings (SSSR count). The topological polar surface area (TPSA) is 79.9 Å². The molecule has 1 aliphatic heterocycles. The molecule has 0 radical (unpaired) electrons. The molecule has 1 saturated heterocycles. The van der Waals surface area contributed by atoms with Crippen molar-refractivity contribution in [3.63, 3.8) is 0 Å². The number of piperidine rings is 1. The van der Waals surface area contributed by atoms with Crippen LogP contribution in [0.3, 0.4) is 0 Å². The minimum atomic E-state index is -0.116. The first-order valence-corrected chi connectivity index (χ1v) is 12.8. The lowest BCUT2D eigenvalue weighted by molar-refractivity contribution is 0.0929. The molecule has 1 heterocycles. The smallest absolute Gasteiger partial charge is 0.253 e. The summed E-state index contributed by atoms with van der Waals surface area (Å²) >= 11 is 6.02. The van der Waals surface area contributed by atoms with Gasteiger partial charge in [-0.2, -0.15) is 0 Å². The van der Waals surface area contributed by atoms with Crippen molar-refractivity contribution >= 4 is 29.1 Å². The van der Waals surface area contributed by atoms with Crippen LogP contribution in [-0.2, 0) is 6.42 Å². The SMILES string of the molecule is COc1ccc(CCNC(=O)c2ccccc2N2CCC(NC(=O)c3cccc(Cl)c3)CC2)cc1OC. The zero-order valence-corrected chi connectivity index (χ0v) is 21.9. The fourth-order valence-corrected chi connectivity index (χ4v) is 4.75. The zero-order chi connectivity index (χ0) is 26.2. The van der Waals surface area contributed by atoms with E-state index in [1.54, 1.807) is 38.5 Å². The summed E-state index contributed by atoms with van der Waals surface area (Å²) in [6.07, 6.45) is 2.26. The van der Waals surface area contributed by atoms with Crippen LogP contribution in [0.5, 0.6) is 11.5 Å². The third-order valence-electron chi connectivity index (χ3n) is 6.55. The number of amides is 2. The molecule has 0 aliphatic carbocycles. The number of anilines is 1. The molecule has 0 saturated carbocycles. The van der Waals surface area contributed by atoms with Gasteiger partial charge in [0.25, 0.3) is 11.8 Å². The standard InChI is InChI=1S/C29H32ClN3O4/c1-36-26-11-10-20(18-27(26)37-2)12-15-31-29(35)24-8-3-4-9-25(24)33-16-13-23(14-17-33)32-28(34)21-6-5-7-22(30)19-21/h3-11,18-19,23H,12-17H2,1-2H3,(H,31,35)(H,32,34). The van der Waals surface area contributed by atoms with E-state index in [1.165, 1.54) is 0 Å². The van der Waals surface area contributed by atoms with Gasteiger partial charge >= 0.3 is 0 Å². The minimum Gasteiger partial charge on any atom is -0.493 e. The summed E-state index contributed by atoms with van der Waals surface area (Å²) in [5.74, 6) is 1.13. The van der Waals surface area contributed by atoms with Gasteiger partial charge in [0, 0.05) is 41.9 Å². The highest BCUT2D eigenvalue weighted by Crippen LogP contribution is 2.28. The lowest BCUT2D eigenvalue weighted by atomic mass is 10.0. The van der Waals surface area contributed by atoms with Crippen molar-refractivity contribution < 1.29 is 19.1 Å². The Bertz CT molecular complexity index is 1240. The van der Waals surface area contributed by atoms with Crippen LogP contribution in [0.25, 0.3) is 0 Å². The lowest BCUT2D eigenvalue weighted by Crippen LogP contribution is -2.45. The lowest BCUT2D eigenvalue weighted by Gasteiger charge is -2.35. The van der Waals surface area contributed by atoms with Crippen molar-refractivity contribution in [1.82, 2.24) is 10.6 Å². The fraction of sp³-hybridized carbons (Fsp3) is 0.310. The Morgan fingerprint density at radius 1 is 0.919 bits per heavy atom. The summed E-state index contributed by atoms with van der Waals surface area (Å²) in [4.78, 5) is 27.9. The molecule has 0 atom stereocenters. The van der Waals surface area contributed by atoms with Crippen LogP contribution in [0.1, 0.15) is 39.1 Å². The number of nitrogens with zero attached hydrogens (tertiary/aromatic N) is 1. The van der Waals surface area contributed by atoms with Gasteiger partial charge in [-0.15, -0.1) is 0 Å². The van der Waals surface area contributed by atoms with E-state index in [1.807, 2.05) is 42.5 Å². The third kappa shape index (κ3) is 6.74. The predicted octanol–water partition coefficient (Wildman–Crippen LogP) is 4.73. The second-order valence-corrected chi connectivity index (χ2v) is 9.39. The highest BCUT2D eigenvalue weighted by Gasteiger charge is 2.24. The van der Waals surface area contributed by atoms with Crippen LogP contribution in [0, 0.1) is 0 Å². The number of ether oxygens (including phenoxy) is 2. The van der Waals surface area contributed by atoms with Gasteiger partial charge in [0.15, 0.2) is 11.5 Å². The normalized spacial score (nSPS) is 13.6. The molecular weight excluding hydrogens is 490 g/mol. The third-order valence-corrected chi connectivity index (χ3v) is 6.79. The minimum absolute atomic E-state index is 0.0743. The van der Waals surface area contributed by atoms with Crippen molar-refractivity contribution in [1.29, 1.82) is 0 Å². The molecule has 1 aliphatic rings. The first-order chi connectivity index (χ1) is 18.0. The molecule has 8 heteroatoms. The summed E-state index contributed by atoms with van der Waals surface area (Å²) in [6, 6.07) is 20.5. The molecule has 37 heavy (non-hydrogen) atoms. The number of benzene rings is 3. The summed E-state index contributed by atoms with van der Waals surface area (Å²) in [5, 5.41) is 6.70. The fourth-order valence-electron chi connectivity index (χ4n) is 4.56. The highest BCUT2D eigenvalue weighted by atomic mass is 35.5. The molecule has 2 amide bonds. The molecule has 0 bridgehead atoms. The maximum Gasteiger partial charge on any atom is 0.253 e. The number of nitrogens with one attached hydrogen (secondary N) is 2. The van der Waals surface area contributed by atoms with Gasteiger partial charge in [-0.25, -0.2) is 0 Å². The molecular formula is C29H32ClN3O4. The molecule has 194 valence electrons. The first-order valence-electron chi connectivity index (χ1n) is 12.4.